The number of carboxylic acids is 2. The van der Waals surface area contributed by atoms with Crippen molar-refractivity contribution < 1.29 is 38.9 Å². The topological polar surface area (TPSA) is 133 Å². The molecule has 0 aliphatic rings. The SMILES string of the molecule is C.C.O=C([O-])/C=C\C(=O)OCc1ccccc1.O=C([O-])/C=C\C(=O)OCc1ccccc1.[Sn+2]. The van der Waals surface area contributed by atoms with E-state index < -0.39 is 23.9 Å². The molecule has 0 bridgehead atoms. The number of carbonyl (C=O) groups excluding carboxylic acids is 4. The van der Waals surface area contributed by atoms with Crippen molar-refractivity contribution >= 4 is 47.8 Å². The molecular weight excluding hydrogens is 535 g/mol. The second kappa shape index (κ2) is 20.5. The third kappa shape index (κ3) is 19.0. The molecule has 0 amide bonds. The molecule has 0 aliphatic carbocycles. The van der Waals surface area contributed by atoms with Crippen LogP contribution < -0.4 is 10.2 Å². The summed E-state index contributed by atoms with van der Waals surface area (Å²) < 4.78 is 9.52. The third-order valence-corrected chi connectivity index (χ3v) is 3.16. The molecule has 0 atom stereocenters. The van der Waals surface area contributed by atoms with E-state index in [9.17, 15) is 29.4 Å². The molecule has 0 unspecified atom stereocenters. The number of benzene rings is 2. The molecule has 0 saturated heterocycles. The van der Waals surface area contributed by atoms with Gasteiger partial charge in [0.15, 0.2) is 0 Å². The summed E-state index contributed by atoms with van der Waals surface area (Å²) in [6.07, 6.45) is 2.90. The van der Waals surface area contributed by atoms with Gasteiger partial charge in [-0.05, 0) is 23.3 Å². The molecule has 2 rings (SSSR count). The van der Waals surface area contributed by atoms with Crippen LogP contribution in [-0.4, -0.2) is 47.8 Å². The van der Waals surface area contributed by atoms with E-state index in [-0.39, 0.29) is 52.0 Å². The van der Waals surface area contributed by atoms with Gasteiger partial charge in [-0.2, -0.15) is 0 Å². The Morgan fingerprint density at radius 3 is 1.18 bits per heavy atom. The summed E-state index contributed by atoms with van der Waals surface area (Å²) >= 11 is 0. The van der Waals surface area contributed by atoms with Crippen LogP contribution in [0.15, 0.2) is 85.0 Å². The van der Waals surface area contributed by atoms with Crippen molar-refractivity contribution in [2.45, 2.75) is 28.1 Å². The first-order valence-electron chi connectivity index (χ1n) is 8.56. The fourth-order valence-electron chi connectivity index (χ4n) is 1.83. The zero-order valence-corrected chi connectivity index (χ0v) is 19.1. The summed E-state index contributed by atoms with van der Waals surface area (Å²) in [6.45, 7) is 0.244. The zero-order chi connectivity index (χ0) is 22.2. The average Bonchev–Trinajstić information content (AvgIpc) is 2.75. The van der Waals surface area contributed by atoms with Crippen LogP contribution in [0, 0.1) is 0 Å². The predicted octanol–water partition coefficient (Wildman–Crippen LogP) is 0.963. The minimum absolute atomic E-state index is 0. The fourth-order valence-corrected chi connectivity index (χ4v) is 1.83. The molecule has 2 aromatic rings. The normalized spacial score (nSPS) is 9.21. The van der Waals surface area contributed by atoms with Gasteiger partial charge in [0.25, 0.3) is 0 Å². The molecule has 174 valence electrons. The van der Waals surface area contributed by atoms with Crippen LogP contribution in [0.1, 0.15) is 26.0 Å². The first-order valence-corrected chi connectivity index (χ1v) is 8.56. The average molecular weight is 561 g/mol. The number of carbonyl (C=O) groups is 4. The smallest absolute Gasteiger partial charge is 0.545 e. The van der Waals surface area contributed by atoms with Gasteiger partial charge in [-0.15, -0.1) is 0 Å². The molecule has 0 fully saturated rings. The minimum Gasteiger partial charge on any atom is -0.545 e. The van der Waals surface area contributed by atoms with Crippen molar-refractivity contribution in [3.8, 4) is 0 Å². The summed E-state index contributed by atoms with van der Waals surface area (Å²) in [5, 5.41) is 19.9. The van der Waals surface area contributed by atoms with E-state index in [0.29, 0.717) is 12.2 Å². The summed E-state index contributed by atoms with van der Waals surface area (Å²) in [5.74, 6) is -4.26. The molecule has 8 nitrogen and oxygen atoms in total. The molecule has 2 aromatic carbocycles. The van der Waals surface area contributed by atoms with Crippen LogP contribution >= 0.6 is 0 Å². The second-order valence-corrected chi connectivity index (χ2v) is 5.49. The number of aliphatic carboxylic acids is 2. The number of hydrogen-bond acceptors (Lipinski definition) is 8. The van der Waals surface area contributed by atoms with Crippen molar-refractivity contribution in [1.82, 2.24) is 0 Å². The first-order chi connectivity index (χ1) is 14.4. The van der Waals surface area contributed by atoms with Crippen molar-refractivity contribution in [2.75, 3.05) is 0 Å². The molecule has 0 aliphatic heterocycles. The Morgan fingerprint density at radius 2 is 0.909 bits per heavy atom. The Balaban J connectivity index is -0.000000500. The van der Waals surface area contributed by atoms with E-state index in [1.54, 1.807) is 24.3 Å². The van der Waals surface area contributed by atoms with E-state index in [1.807, 2.05) is 36.4 Å². The van der Waals surface area contributed by atoms with Crippen molar-refractivity contribution in [3.05, 3.63) is 96.1 Å². The van der Waals surface area contributed by atoms with Gasteiger partial charge in [-0.3, -0.25) is 0 Å². The maximum Gasteiger partial charge on any atom is 2.00 e. The van der Waals surface area contributed by atoms with Crippen LogP contribution in [-0.2, 0) is 41.9 Å². The Bertz CT molecular complexity index is 818. The second-order valence-electron chi connectivity index (χ2n) is 5.49. The van der Waals surface area contributed by atoms with Crippen molar-refractivity contribution in [3.63, 3.8) is 0 Å². The minimum atomic E-state index is -1.42. The van der Waals surface area contributed by atoms with Crippen LogP contribution in [0.5, 0.6) is 0 Å². The van der Waals surface area contributed by atoms with E-state index in [0.717, 1.165) is 23.3 Å². The molecule has 0 heterocycles. The van der Waals surface area contributed by atoms with Crippen molar-refractivity contribution in [1.29, 1.82) is 0 Å². The molecule has 0 spiro atoms. The monoisotopic (exact) mass is 562 g/mol. The fraction of sp³-hybridized carbons (Fsp3) is 0.167. The van der Waals surface area contributed by atoms with E-state index >= 15 is 0 Å². The van der Waals surface area contributed by atoms with Crippen LogP contribution in [0.25, 0.3) is 0 Å². The maximum absolute atomic E-state index is 10.9. The number of esters is 2. The molecular formula is C24H26O8Sn. The molecule has 0 saturated carbocycles. The van der Waals surface area contributed by atoms with Gasteiger partial charge in [-0.25, -0.2) is 9.59 Å². The van der Waals surface area contributed by atoms with Gasteiger partial charge >= 0.3 is 35.8 Å². The van der Waals surface area contributed by atoms with Crippen LogP contribution in [0.3, 0.4) is 0 Å². The van der Waals surface area contributed by atoms with Crippen LogP contribution in [0.2, 0.25) is 0 Å². The predicted molar refractivity (Wildman–Crippen MR) is 120 cm³/mol. The summed E-state index contributed by atoms with van der Waals surface area (Å²) in [6, 6.07) is 18.2. The third-order valence-electron chi connectivity index (χ3n) is 3.16. The first kappa shape index (κ1) is 34.2. The summed E-state index contributed by atoms with van der Waals surface area (Å²) in [4.78, 5) is 41.8. The molecule has 33 heavy (non-hydrogen) atoms. The number of carboxylic acid groups (broad SMARTS) is 2. The van der Waals surface area contributed by atoms with Crippen molar-refractivity contribution in [2.24, 2.45) is 0 Å². The largest absolute Gasteiger partial charge is 2.00 e. The van der Waals surface area contributed by atoms with Gasteiger partial charge in [0.1, 0.15) is 13.2 Å². The molecule has 9 heteroatoms. The van der Waals surface area contributed by atoms with Gasteiger partial charge in [0.2, 0.25) is 0 Å². The molecule has 2 radical (unpaired) electrons. The summed E-state index contributed by atoms with van der Waals surface area (Å²) in [5.41, 5.74) is 1.68. The van der Waals surface area contributed by atoms with Gasteiger partial charge in [-0.1, -0.05) is 75.5 Å². The Kier molecular flexibility index (Phi) is 21.3. The van der Waals surface area contributed by atoms with Gasteiger partial charge in [0.05, 0.1) is 11.9 Å². The van der Waals surface area contributed by atoms with E-state index in [2.05, 4.69) is 0 Å². The number of ether oxygens (including phenoxy) is 2. The van der Waals surface area contributed by atoms with E-state index in [1.165, 1.54) is 0 Å². The Labute approximate surface area is 210 Å². The van der Waals surface area contributed by atoms with Gasteiger partial charge < -0.3 is 29.3 Å². The van der Waals surface area contributed by atoms with E-state index in [4.69, 9.17) is 9.47 Å². The Hall–Kier alpha value is -3.40. The Morgan fingerprint density at radius 1 is 0.606 bits per heavy atom. The number of rotatable bonds is 8. The quantitative estimate of drug-likeness (QED) is 0.265. The summed E-state index contributed by atoms with van der Waals surface area (Å²) in [7, 11) is 0. The van der Waals surface area contributed by atoms with Gasteiger partial charge in [0, 0.05) is 12.2 Å². The zero-order valence-electron chi connectivity index (χ0n) is 16.3. The molecule has 0 aromatic heterocycles. The van der Waals surface area contributed by atoms with Crippen LogP contribution in [0.4, 0.5) is 0 Å². The molecule has 0 N–H and O–H groups in total. The number of hydrogen-bond donors (Lipinski definition) is 0. The standard InChI is InChI=1S/2C11H10O4.2CH4.Sn/c2*12-10(13)6-7-11(14)15-8-9-4-2-1-3-5-9;;;/h2*1-7H,8H2,(H,12,13);2*1H4;/q;;;;+2/p-2/b2*7-6-;;;. The maximum atomic E-state index is 10.9.